The maximum Gasteiger partial charge on any atom is 0.245 e. The molecule has 6 heteroatoms. The van der Waals surface area contributed by atoms with Crippen LogP contribution in [0.25, 0.3) is 0 Å². The lowest BCUT2D eigenvalue weighted by Crippen LogP contribution is -2.24. The summed E-state index contributed by atoms with van der Waals surface area (Å²) in [5.41, 5.74) is 0.944. The average molecular weight is 213 g/mol. The van der Waals surface area contributed by atoms with Crippen molar-refractivity contribution in [2.24, 2.45) is 0 Å². The largest absolute Gasteiger partial charge is 0.281 e. The molecule has 0 amide bonds. The number of hydrogen-bond acceptors (Lipinski definition) is 3. The van der Waals surface area contributed by atoms with Crippen LogP contribution in [0.4, 0.5) is 0 Å². The quantitative estimate of drug-likeness (QED) is 0.691. The Bertz CT molecular complexity index is 448. The van der Waals surface area contributed by atoms with E-state index in [1.54, 1.807) is 13.8 Å². The van der Waals surface area contributed by atoms with Gasteiger partial charge in [0, 0.05) is 0 Å². The molecule has 5 nitrogen and oxygen atoms in total. The van der Waals surface area contributed by atoms with Crippen molar-refractivity contribution in [3.63, 3.8) is 0 Å². The van der Waals surface area contributed by atoms with Gasteiger partial charge in [0.1, 0.15) is 4.90 Å². The van der Waals surface area contributed by atoms with Gasteiger partial charge in [-0.25, -0.2) is 8.42 Å². The molecule has 0 atom stereocenters. The molecule has 0 aliphatic heterocycles. The highest BCUT2D eigenvalue weighted by Crippen LogP contribution is 2.15. The number of aromatic amines is 1. The molecule has 0 bridgehead atoms. The van der Waals surface area contributed by atoms with Crippen LogP contribution in [0.3, 0.4) is 0 Å². The predicted molar refractivity (Wildman–Crippen MR) is 52.1 cm³/mol. The first kappa shape index (κ1) is 10.8. The Balaban J connectivity index is 3.11. The SMILES string of the molecule is C#CCNS(=O)(=O)c1c(C)n[nH]c1C. The van der Waals surface area contributed by atoms with Crippen LogP contribution in [-0.2, 0) is 10.0 Å². The molecule has 0 radical (unpaired) electrons. The number of terminal acetylenes is 1. The fraction of sp³-hybridized carbons (Fsp3) is 0.375. The van der Waals surface area contributed by atoms with Crippen molar-refractivity contribution in [1.82, 2.24) is 14.9 Å². The number of sulfonamides is 1. The number of aryl methyl sites for hydroxylation is 2. The fourth-order valence-electron chi connectivity index (χ4n) is 1.15. The van der Waals surface area contributed by atoms with Crippen molar-refractivity contribution in [1.29, 1.82) is 0 Å². The molecule has 0 fully saturated rings. The van der Waals surface area contributed by atoms with Crippen LogP contribution in [-0.4, -0.2) is 25.2 Å². The second-order valence-corrected chi connectivity index (χ2v) is 4.50. The number of rotatable bonds is 3. The molecule has 14 heavy (non-hydrogen) atoms. The summed E-state index contributed by atoms with van der Waals surface area (Å²) in [5.74, 6) is 2.20. The first-order valence-electron chi connectivity index (χ1n) is 3.93. The molecule has 0 unspecified atom stereocenters. The van der Waals surface area contributed by atoms with Gasteiger partial charge >= 0.3 is 0 Å². The molecule has 1 heterocycles. The van der Waals surface area contributed by atoms with Gasteiger partial charge in [0.2, 0.25) is 10.0 Å². The van der Waals surface area contributed by atoms with Gasteiger partial charge in [-0.1, -0.05) is 5.92 Å². The molecule has 0 saturated carbocycles. The molecule has 0 aliphatic carbocycles. The number of aromatic nitrogens is 2. The van der Waals surface area contributed by atoms with Crippen molar-refractivity contribution in [3.8, 4) is 12.3 Å². The first-order chi connectivity index (χ1) is 6.49. The van der Waals surface area contributed by atoms with Crippen LogP contribution in [0, 0.1) is 26.2 Å². The summed E-state index contributed by atoms with van der Waals surface area (Å²) in [6, 6.07) is 0. The van der Waals surface area contributed by atoms with Gasteiger partial charge in [0.25, 0.3) is 0 Å². The van der Waals surface area contributed by atoms with E-state index in [0.29, 0.717) is 11.4 Å². The van der Waals surface area contributed by atoms with Gasteiger partial charge in [-0.3, -0.25) is 5.10 Å². The predicted octanol–water partition coefficient (Wildman–Crippen LogP) is -0.0620. The minimum absolute atomic E-state index is 0.0214. The molecule has 1 aromatic rings. The van der Waals surface area contributed by atoms with Gasteiger partial charge in [-0.2, -0.15) is 9.82 Å². The van der Waals surface area contributed by atoms with E-state index in [0.717, 1.165) is 0 Å². The van der Waals surface area contributed by atoms with E-state index >= 15 is 0 Å². The van der Waals surface area contributed by atoms with Crippen molar-refractivity contribution in [2.75, 3.05) is 6.54 Å². The summed E-state index contributed by atoms with van der Waals surface area (Å²) >= 11 is 0. The number of nitrogens with zero attached hydrogens (tertiary/aromatic N) is 1. The van der Waals surface area contributed by atoms with Crippen LogP contribution >= 0.6 is 0 Å². The summed E-state index contributed by atoms with van der Waals surface area (Å²) in [7, 11) is -3.53. The average Bonchev–Trinajstić information content (AvgIpc) is 2.43. The van der Waals surface area contributed by atoms with E-state index in [-0.39, 0.29) is 11.4 Å². The van der Waals surface area contributed by atoms with E-state index in [1.807, 2.05) is 0 Å². The van der Waals surface area contributed by atoms with Crippen molar-refractivity contribution >= 4 is 10.0 Å². The van der Waals surface area contributed by atoms with Crippen LogP contribution in [0.1, 0.15) is 11.4 Å². The highest BCUT2D eigenvalue weighted by molar-refractivity contribution is 7.89. The molecule has 0 spiro atoms. The fourth-order valence-corrected chi connectivity index (χ4v) is 2.45. The summed E-state index contributed by atoms with van der Waals surface area (Å²) in [6.45, 7) is 3.24. The molecule has 0 aromatic carbocycles. The van der Waals surface area contributed by atoms with Gasteiger partial charge in [0.15, 0.2) is 0 Å². The lowest BCUT2D eigenvalue weighted by Gasteiger charge is -2.02. The van der Waals surface area contributed by atoms with E-state index in [1.165, 1.54) is 0 Å². The summed E-state index contributed by atoms with van der Waals surface area (Å²) in [5, 5.41) is 6.39. The second-order valence-electron chi connectivity index (χ2n) is 2.79. The highest BCUT2D eigenvalue weighted by Gasteiger charge is 2.20. The number of hydrogen-bond donors (Lipinski definition) is 2. The minimum atomic E-state index is -3.53. The maximum absolute atomic E-state index is 11.6. The molecule has 2 N–H and O–H groups in total. The zero-order valence-electron chi connectivity index (χ0n) is 7.96. The van der Waals surface area contributed by atoms with E-state index in [2.05, 4.69) is 20.8 Å². The summed E-state index contributed by atoms with van der Waals surface area (Å²) in [4.78, 5) is 0.174. The van der Waals surface area contributed by atoms with Crippen LogP contribution in [0.2, 0.25) is 0 Å². The summed E-state index contributed by atoms with van der Waals surface area (Å²) < 4.78 is 25.5. The third-order valence-electron chi connectivity index (χ3n) is 1.69. The molecule has 0 saturated heterocycles. The smallest absolute Gasteiger partial charge is 0.245 e. The third-order valence-corrected chi connectivity index (χ3v) is 3.36. The number of nitrogens with one attached hydrogen (secondary N) is 2. The van der Waals surface area contributed by atoms with Gasteiger partial charge < -0.3 is 0 Å². The second kappa shape index (κ2) is 3.82. The van der Waals surface area contributed by atoms with E-state index in [9.17, 15) is 8.42 Å². The Morgan fingerprint density at radius 3 is 2.64 bits per heavy atom. The molecule has 76 valence electrons. The first-order valence-corrected chi connectivity index (χ1v) is 5.42. The highest BCUT2D eigenvalue weighted by atomic mass is 32.2. The summed E-state index contributed by atoms with van der Waals surface area (Å²) in [6.07, 6.45) is 4.96. The number of H-pyrrole nitrogens is 1. The van der Waals surface area contributed by atoms with Gasteiger partial charge in [0.05, 0.1) is 17.9 Å². The molecule has 0 aliphatic rings. The van der Waals surface area contributed by atoms with Gasteiger partial charge in [-0.05, 0) is 13.8 Å². The van der Waals surface area contributed by atoms with E-state index < -0.39 is 10.0 Å². The zero-order chi connectivity index (χ0) is 10.8. The lowest BCUT2D eigenvalue weighted by molar-refractivity contribution is 0.585. The van der Waals surface area contributed by atoms with Crippen LogP contribution in [0.5, 0.6) is 0 Å². The molecule has 1 rings (SSSR count). The standard InChI is InChI=1S/C8H11N3O2S/c1-4-5-9-14(12,13)8-6(2)10-11-7(8)3/h1,9H,5H2,2-3H3,(H,10,11). The minimum Gasteiger partial charge on any atom is -0.281 e. The maximum atomic E-state index is 11.6. The Hall–Kier alpha value is -1.32. The van der Waals surface area contributed by atoms with Crippen molar-refractivity contribution < 1.29 is 8.42 Å². The van der Waals surface area contributed by atoms with Crippen molar-refractivity contribution in [3.05, 3.63) is 11.4 Å². The van der Waals surface area contributed by atoms with Crippen molar-refractivity contribution in [2.45, 2.75) is 18.7 Å². The third kappa shape index (κ3) is 1.95. The van der Waals surface area contributed by atoms with Gasteiger partial charge in [-0.15, -0.1) is 6.42 Å². The monoisotopic (exact) mass is 213 g/mol. The molecular formula is C8H11N3O2S. The topological polar surface area (TPSA) is 74.8 Å². The Labute approximate surface area is 83.0 Å². The lowest BCUT2D eigenvalue weighted by atomic mass is 10.4. The van der Waals surface area contributed by atoms with Crippen LogP contribution < -0.4 is 4.72 Å². The molecule has 1 aromatic heterocycles. The normalized spacial score (nSPS) is 11.2. The van der Waals surface area contributed by atoms with Crippen LogP contribution in [0.15, 0.2) is 4.90 Å². The van der Waals surface area contributed by atoms with E-state index in [4.69, 9.17) is 6.42 Å². The zero-order valence-corrected chi connectivity index (χ0v) is 8.77. The Kier molecular flexibility index (Phi) is 2.93. The Morgan fingerprint density at radius 1 is 1.57 bits per heavy atom. The Morgan fingerprint density at radius 2 is 2.21 bits per heavy atom. The molecular weight excluding hydrogens is 202 g/mol.